The fraction of sp³-hybridized carbons (Fsp3) is 0.500. The van der Waals surface area contributed by atoms with E-state index in [4.69, 9.17) is 0 Å². The molecule has 1 aromatic carbocycles. The summed E-state index contributed by atoms with van der Waals surface area (Å²) >= 11 is 3.37. The molecule has 7 nitrogen and oxygen atoms in total. The van der Waals surface area contributed by atoms with Gasteiger partial charge in [-0.15, -0.1) is 0 Å². The Morgan fingerprint density at radius 1 is 1.19 bits per heavy atom. The van der Waals surface area contributed by atoms with Gasteiger partial charge < -0.3 is 10.2 Å². The quantitative estimate of drug-likeness (QED) is 0.651. The van der Waals surface area contributed by atoms with Crippen molar-refractivity contribution in [3.63, 3.8) is 0 Å². The van der Waals surface area contributed by atoms with Gasteiger partial charge in [0.2, 0.25) is 11.8 Å². The number of likely N-dealkylation sites (tertiary alicyclic amines) is 1. The average Bonchev–Trinajstić information content (AvgIpc) is 3.34. The third kappa shape index (κ3) is 4.97. The summed E-state index contributed by atoms with van der Waals surface area (Å²) in [5.41, 5.74) is 6.37. The van der Waals surface area contributed by atoms with Crippen LogP contribution in [0.4, 0.5) is 10.5 Å². The molecule has 0 aromatic heterocycles. The van der Waals surface area contributed by atoms with Gasteiger partial charge >= 0.3 is 6.03 Å². The Hall–Kier alpha value is -2.09. The topological polar surface area (TPSA) is 90.5 Å². The van der Waals surface area contributed by atoms with Crippen molar-refractivity contribution in [1.29, 1.82) is 0 Å². The average molecular weight is 423 g/mol. The number of hydrogen-bond acceptors (Lipinski definition) is 3. The lowest BCUT2D eigenvalue weighted by atomic mass is 10.1. The lowest BCUT2D eigenvalue weighted by Crippen LogP contribution is -2.44. The predicted molar refractivity (Wildman–Crippen MR) is 101 cm³/mol. The summed E-state index contributed by atoms with van der Waals surface area (Å²) in [5, 5.41) is 2.69. The van der Waals surface area contributed by atoms with E-state index < -0.39 is 6.03 Å². The van der Waals surface area contributed by atoms with E-state index in [-0.39, 0.29) is 23.7 Å². The molecule has 1 aliphatic heterocycles. The van der Waals surface area contributed by atoms with Gasteiger partial charge in [0.15, 0.2) is 0 Å². The van der Waals surface area contributed by atoms with E-state index in [1.165, 1.54) is 0 Å². The summed E-state index contributed by atoms with van der Waals surface area (Å²) in [7, 11) is 0. The number of nitrogens with zero attached hydrogens (tertiary/aromatic N) is 1. The maximum Gasteiger partial charge on any atom is 0.337 e. The number of amides is 4. The summed E-state index contributed by atoms with van der Waals surface area (Å²) < 4.78 is 0.931. The molecule has 0 bridgehead atoms. The van der Waals surface area contributed by atoms with Crippen molar-refractivity contribution in [2.75, 3.05) is 18.4 Å². The van der Waals surface area contributed by atoms with Crippen LogP contribution in [0.1, 0.15) is 31.2 Å². The Bertz CT molecular complexity index is 720. The fourth-order valence-electron chi connectivity index (χ4n) is 3.15. The largest absolute Gasteiger partial charge is 0.342 e. The highest BCUT2D eigenvalue weighted by atomic mass is 79.9. The minimum absolute atomic E-state index is 0.149. The van der Waals surface area contributed by atoms with Crippen LogP contribution < -0.4 is 16.2 Å². The number of rotatable bonds is 4. The number of urea groups is 1. The van der Waals surface area contributed by atoms with Crippen LogP contribution in [0, 0.1) is 18.8 Å². The number of halogens is 1. The Balaban J connectivity index is 1.38. The van der Waals surface area contributed by atoms with E-state index in [9.17, 15) is 14.4 Å². The highest BCUT2D eigenvalue weighted by molar-refractivity contribution is 9.10. The summed E-state index contributed by atoms with van der Waals surface area (Å²) in [5.74, 6) is 0.347. The maximum atomic E-state index is 12.0. The van der Waals surface area contributed by atoms with E-state index >= 15 is 0 Å². The second-order valence-electron chi connectivity index (χ2n) is 7.00. The normalized spacial score (nSPS) is 19.2. The van der Waals surface area contributed by atoms with Gasteiger partial charge in [0.1, 0.15) is 0 Å². The molecule has 3 rings (SSSR count). The van der Waals surface area contributed by atoms with Gasteiger partial charge in [-0.2, -0.15) is 0 Å². The van der Waals surface area contributed by atoms with Crippen LogP contribution in [0.3, 0.4) is 0 Å². The molecule has 2 aliphatic rings. The first-order valence-electron chi connectivity index (χ1n) is 8.83. The zero-order valence-electron chi connectivity index (χ0n) is 14.7. The van der Waals surface area contributed by atoms with E-state index in [0.29, 0.717) is 18.7 Å². The molecule has 140 valence electrons. The molecular weight excluding hydrogens is 400 g/mol. The smallest absolute Gasteiger partial charge is 0.337 e. The Morgan fingerprint density at radius 3 is 2.65 bits per heavy atom. The molecule has 1 heterocycles. The molecule has 4 amide bonds. The van der Waals surface area contributed by atoms with Gasteiger partial charge in [-0.3, -0.25) is 15.0 Å². The molecule has 0 unspecified atom stereocenters. The number of aryl methyl sites for hydroxylation is 1. The van der Waals surface area contributed by atoms with Crippen molar-refractivity contribution in [3.05, 3.63) is 28.2 Å². The number of benzene rings is 1. The van der Waals surface area contributed by atoms with Crippen molar-refractivity contribution in [1.82, 2.24) is 15.8 Å². The van der Waals surface area contributed by atoms with Gasteiger partial charge in [-0.1, -0.05) is 15.9 Å². The zero-order chi connectivity index (χ0) is 18.7. The van der Waals surface area contributed by atoms with Gasteiger partial charge in [0.05, 0.1) is 0 Å². The SMILES string of the molecule is Cc1cc(Br)ccc1NC(=O)NNC(=O)C[C@@H]1CCN(C(=O)C2CC2)C1. The second-order valence-corrected chi connectivity index (χ2v) is 7.92. The number of hydrazine groups is 1. The van der Waals surface area contributed by atoms with Crippen LogP contribution in [0.15, 0.2) is 22.7 Å². The summed E-state index contributed by atoms with van der Waals surface area (Å²) in [6, 6.07) is 5.00. The Kier molecular flexibility index (Phi) is 5.80. The third-order valence-corrected chi connectivity index (χ3v) is 5.24. The Morgan fingerprint density at radius 2 is 1.96 bits per heavy atom. The van der Waals surface area contributed by atoms with Crippen LogP contribution in [-0.2, 0) is 9.59 Å². The van der Waals surface area contributed by atoms with Crippen molar-refractivity contribution in [2.24, 2.45) is 11.8 Å². The minimum atomic E-state index is -0.499. The standard InChI is InChI=1S/C18H23BrN4O3/c1-11-8-14(19)4-5-15(11)20-18(26)22-21-16(24)9-12-6-7-23(10-12)17(25)13-2-3-13/h4-5,8,12-13H,2-3,6-7,9-10H2,1H3,(H,21,24)(H2,20,22,26)/t12-/m0/s1. The van der Waals surface area contributed by atoms with Crippen LogP contribution in [-0.4, -0.2) is 35.8 Å². The molecule has 1 saturated heterocycles. The summed E-state index contributed by atoms with van der Waals surface area (Å²) in [4.78, 5) is 37.8. The molecule has 8 heteroatoms. The van der Waals surface area contributed by atoms with E-state index in [0.717, 1.165) is 35.8 Å². The van der Waals surface area contributed by atoms with Crippen LogP contribution in [0.25, 0.3) is 0 Å². The van der Waals surface area contributed by atoms with Crippen molar-refractivity contribution >= 4 is 39.5 Å². The molecule has 1 aliphatic carbocycles. The number of hydrogen-bond donors (Lipinski definition) is 3. The van der Waals surface area contributed by atoms with E-state index in [1.54, 1.807) is 6.07 Å². The molecule has 26 heavy (non-hydrogen) atoms. The van der Waals surface area contributed by atoms with E-state index in [1.807, 2.05) is 24.0 Å². The van der Waals surface area contributed by atoms with Crippen molar-refractivity contribution < 1.29 is 14.4 Å². The second kappa shape index (κ2) is 8.07. The van der Waals surface area contributed by atoms with E-state index in [2.05, 4.69) is 32.1 Å². The monoisotopic (exact) mass is 422 g/mol. The highest BCUT2D eigenvalue weighted by Crippen LogP contribution is 2.33. The molecule has 0 spiro atoms. The lowest BCUT2D eigenvalue weighted by Gasteiger charge is -2.16. The number of carbonyl (C=O) groups excluding carboxylic acids is 3. The summed E-state index contributed by atoms with van der Waals surface area (Å²) in [6.45, 7) is 3.24. The first-order chi connectivity index (χ1) is 12.4. The molecule has 1 saturated carbocycles. The Labute approximate surface area is 161 Å². The molecule has 3 N–H and O–H groups in total. The molecule has 0 radical (unpaired) electrons. The zero-order valence-corrected chi connectivity index (χ0v) is 16.3. The molecular formula is C18H23BrN4O3. The molecule has 1 atom stereocenters. The lowest BCUT2D eigenvalue weighted by molar-refractivity contribution is -0.132. The van der Waals surface area contributed by atoms with Crippen LogP contribution in [0.5, 0.6) is 0 Å². The van der Waals surface area contributed by atoms with Gasteiger partial charge in [0, 0.05) is 35.6 Å². The van der Waals surface area contributed by atoms with Gasteiger partial charge in [-0.05, 0) is 55.9 Å². The first-order valence-corrected chi connectivity index (χ1v) is 9.62. The van der Waals surface area contributed by atoms with Gasteiger partial charge in [0.25, 0.3) is 0 Å². The number of carbonyl (C=O) groups is 3. The minimum Gasteiger partial charge on any atom is -0.342 e. The molecule has 2 fully saturated rings. The van der Waals surface area contributed by atoms with Crippen molar-refractivity contribution in [2.45, 2.75) is 32.6 Å². The van der Waals surface area contributed by atoms with Gasteiger partial charge in [-0.25, -0.2) is 10.2 Å². The predicted octanol–water partition coefficient (Wildman–Crippen LogP) is 2.56. The van der Waals surface area contributed by atoms with Crippen molar-refractivity contribution in [3.8, 4) is 0 Å². The van der Waals surface area contributed by atoms with Crippen LogP contribution in [0.2, 0.25) is 0 Å². The number of anilines is 1. The first kappa shape index (κ1) is 18.7. The summed E-state index contributed by atoms with van der Waals surface area (Å²) in [6.07, 6.45) is 3.12. The van der Waals surface area contributed by atoms with Crippen LogP contribution >= 0.6 is 15.9 Å². The third-order valence-electron chi connectivity index (χ3n) is 4.75. The fourth-order valence-corrected chi connectivity index (χ4v) is 3.62. The highest BCUT2D eigenvalue weighted by Gasteiger charge is 2.36. The molecule has 1 aromatic rings. The number of nitrogens with one attached hydrogen (secondary N) is 3. The maximum absolute atomic E-state index is 12.0.